The Morgan fingerprint density at radius 2 is 1.75 bits per heavy atom. The Bertz CT molecular complexity index is 737. The van der Waals surface area contributed by atoms with Gasteiger partial charge in [0.25, 0.3) is 0 Å². The SMILES string of the molecule is Clc1ccc(Cl)c(CSc2nc3ccccc3s2)c1Cl. The van der Waals surface area contributed by atoms with Crippen molar-refractivity contribution in [2.24, 2.45) is 0 Å². The molecule has 3 aromatic rings. The van der Waals surface area contributed by atoms with Gasteiger partial charge in [0.05, 0.1) is 20.3 Å². The summed E-state index contributed by atoms with van der Waals surface area (Å²) in [6, 6.07) is 11.6. The normalized spacial score (nSPS) is 11.2. The summed E-state index contributed by atoms with van der Waals surface area (Å²) < 4.78 is 2.18. The van der Waals surface area contributed by atoms with E-state index in [9.17, 15) is 0 Å². The highest BCUT2D eigenvalue weighted by molar-refractivity contribution is 8.00. The number of thiazole rings is 1. The quantitative estimate of drug-likeness (QED) is 0.388. The van der Waals surface area contributed by atoms with Gasteiger partial charge in [0.2, 0.25) is 0 Å². The molecule has 1 aromatic heterocycles. The number of halogens is 3. The number of fused-ring (bicyclic) bond motifs is 1. The second-order valence-corrected chi connectivity index (χ2v) is 7.50. The molecule has 0 saturated heterocycles. The zero-order valence-electron chi connectivity index (χ0n) is 10.1. The standard InChI is InChI=1S/C14H8Cl3NS2/c15-9-5-6-10(16)13(17)8(9)7-19-14-18-11-3-1-2-4-12(11)20-14/h1-6H,7H2. The molecule has 0 aliphatic carbocycles. The molecule has 3 rings (SSSR count). The zero-order chi connectivity index (χ0) is 14.1. The van der Waals surface area contributed by atoms with Crippen molar-refractivity contribution in [2.45, 2.75) is 10.1 Å². The lowest BCUT2D eigenvalue weighted by Crippen LogP contribution is -1.86. The van der Waals surface area contributed by atoms with Crippen LogP contribution in [0.1, 0.15) is 5.56 Å². The topological polar surface area (TPSA) is 12.9 Å². The summed E-state index contributed by atoms with van der Waals surface area (Å²) in [5.41, 5.74) is 1.87. The Balaban J connectivity index is 1.84. The van der Waals surface area contributed by atoms with Crippen LogP contribution in [-0.2, 0) is 5.75 Å². The Morgan fingerprint density at radius 3 is 2.55 bits per heavy atom. The number of hydrogen-bond donors (Lipinski definition) is 0. The molecule has 0 aliphatic rings. The van der Waals surface area contributed by atoms with Gasteiger partial charge in [-0.05, 0) is 24.3 Å². The monoisotopic (exact) mass is 359 g/mol. The van der Waals surface area contributed by atoms with E-state index in [1.165, 1.54) is 4.70 Å². The molecule has 0 bridgehead atoms. The van der Waals surface area contributed by atoms with Crippen LogP contribution in [0.25, 0.3) is 10.2 Å². The molecule has 0 amide bonds. The highest BCUT2D eigenvalue weighted by Gasteiger charge is 2.11. The molecule has 0 spiro atoms. The van der Waals surface area contributed by atoms with E-state index in [1.54, 1.807) is 35.2 Å². The first kappa shape index (κ1) is 14.5. The highest BCUT2D eigenvalue weighted by Crippen LogP contribution is 2.37. The van der Waals surface area contributed by atoms with E-state index in [0.29, 0.717) is 20.8 Å². The van der Waals surface area contributed by atoms with E-state index in [4.69, 9.17) is 34.8 Å². The summed E-state index contributed by atoms with van der Waals surface area (Å²) in [5.74, 6) is 0.651. The lowest BCUT2D eigenvalue weighted by atomic mass is 10.2. The lowest BCUT2D eigenvalue weighted by Gasteiger charge is -2.06. The van der Waals surface area contributed by atoms with Gasteiger partial charge in [-0.2, -0.15) is 0 Å². The molecular weight excluding hydrogens is 353 g/mol. The fraction of sp³-hybridized carbons (Fsp3) is 0.0714. The van der Waals surface area contributed by atoms with Crippen LogP contribution in [0.2, 0.25) is 15.1 Å². The Labute approximate surface area is 139 Å². The molecule has 102 valence electrons. The molecule has 6 heteroatoms. The van der Waals surface area contributed by atoms with E-state index in [-0.39, 0.29) is 0 Å². The van der Waals surface area contributed by atoms with Gasteiger partial charge in [0.15, 0.2) is 4.34 Å². The molecule has 0 aliphatic heterocycles. The highest BCUT2D eigenvalue weighted by atomic mass is 35.5. The van der Waals surface area contributed by atoms with Crippen molar-refractivity contribution in [2.75, 3.05) is 0 Å². The molecule has 0 radical (unpaired) electrons. The van der Waals surface area contributed by atoms with Crippen molar-refractivity contribution in [3.05, 3.63) is 57.0 Å². The minimum absolute atomic E-state index is 0.521. The van der Waals surface area contributed by atoms with E-state index in [2.05, 4.69) is 11.1 Å². The molecule has 0 saturated carbocycles. The van der Waals surface area contributed by atoms with E-state index in [0.717, 1.165) is 15.4 Å². The number of para-hydroxylation sites is 1. The van der Waals surface area contributed by atoms with Gasteiger partial charge < -0.3 is 0 Å². The van der Waals surface area contributed by atoms with Crippen LogP contribution in [0.4, 0.5) is 0 Å². The number of hydrogen-bond acceptors (Lipinski definition) is 3. The van der Waals surface area contributed by atoms with Crippen LogP contribution in [0.3, 0.4) is 0 Å². The van der Waals surface area contributed by atoms with Crippen LogP contribution in [0, 0.1) is 0 Å². The molecule has 2 aromatic carbocycles. The summed E-state index contributed by atoms with van der Waals surface area (Å²) >= 11 is 21.7. The third kappa shape index (κ3) is 2.92. The molecule has 0 atom stereocenters. The van der Waals surface area contributed by atoms with Crippen LogP contribution in [0.5, 0.6) is 0 Å². The number of rotatable bonds is 3. The Kier molecular flexibility index (Phi) is 4.43. The van der Waals surface area contributed by atoms with Crippen molar-refractivity contribution in [3.8, 4) is 0 Å². The largest absolute Gasteiger partial charge is 0.230 e. The second kappa shape index (κ2) is 6.12. The summed E-state index contributed by atoms with van der Waals surface area (Å²) in [4.78, 5) is 4.57. The maximum atomic E-state index is 6.20. The van der Waals surface area contributed by atoms with Crippen molar-refractivity contribution in [3.63, 3.8) is 0 Å². The molecule has 1 nitrogen and oxygen atoms in total. The van der Waals surface area contributed by atoms with Crippen LogP contribution in [-0.4, -0.2) is 4.98 Å². The van der Waals surface area contributed by atoms with E-state index < -0.39 is 0 Å². The third-order valence-corrected chi connectivity index (χ3v) is 6.16. The predicted molar refractivity (Wildman–Crippen MR) is 90.7 cm³/mol. The smallest absolute Gasteiger partial charge is 0.151 e. The van der Waals surface area contributed by atoms with E-state index in [1.807, 2.05) is 18.2 Å². The fourth-order valence-electron chi connectivity index (χ4n) is 1.75. The zero-order valence-corrected chi connectivity index (χ0v) is 14.0. The van der Waals surface area contributed by atoms with Crippen LogP contribution in [0.15, 0.2) is 40.7 Å². The van der Waals surface area contributed by atoms with Crippen molar-refractivity contribution in [1.29, 1.82) is 0 Å². The number of benzene rings is 2. The molecule has 0 unspecified atom stereocenters. The van der Waals surface area contributed by atoms with Gasteiger partial charge in [0, 0.05) is 16.3 Å². The minimum atomic E-state index is 0.521. The van der Waals surface area contributed by atoms with Gasteiger partial charge in [-0.1, -0.05) is 58.7 Å². The minimum Gasteiger partial charge on any atom is -0.230 e. The summed E-state index contributed by atoms with van der Waals surface area (Å²) in [6.07, 6.45) is 0. The molecule has 0 N–H and O–H groups in total. The summed E-state index contributed by atoms with van der Waals surface area (Å²) in [6.45, 7) is 0. The van der Waals surface area contributed by atoms with Crippen molar-refractivity contribution >= 4 is 68.1 Å². The Hall–Kier alpha value is -0.450. The number of aromatic nitrogens is 1. The number of nitrogens with zero attached hydrogens (tertiary/aromatic N) is 1. The third-order valence-electron chi connectivity index (χ3n) is 2.75. The lowest BCUT2D eigenvalue weighted by molar-refractivity contribution is 1.29. The molecule has 1 heterocycles. The van der Waals surface area contributed by atoms with Crippen molar-refractivity contribution < 1.29 is 0 Å². The first-order chi connectivity index (χ1) is 9.65. The maximum absolute atomic E-state index is 6.20. The van der Waals surface area contributed by atoms with Gasteiger partial charge in [-0.15, -0.1) is 11.3 Å². The van der Waals surface area contributed by atoms with Gasteiger partial charge >= 0.3 is 0 Å². The first-order valence-corrected chi connectivity index (χ1v) is 8.69. The Morgan fingerprint density at radius 1 is 1.00 bits per heavy atom. The van der Waals surface area contributed by atoms with Gasteiger partial charge in [-0.3, -0.25) is 0 Å². The van der Waals surface area contributed by atoms with Gasteiger partial charge in [-0.25, -0.2) is 4.98 Å². The summed E-state index contributed by atoms with van der Waals surface area (Å²) in [5, 5.41) is 1.68. The van der Waals surface area contributed by atoms with E-state index >= 15 is 0 Å². The number of thioether (sulfide) groups is 1. The predicted octanol–water partition coefficient (Wildman–Crippen LogP) is 6.55. The van der Waals surface area contributed by atoms with Gasteiger partial charge in [0.1, 0.15) is 0 Å². The average Bonchev–Trinajstić information content (AvgIpc) is 2.86. The molecule has 20 heavy (non-hydrogen) atoms. The van der Waals surface area contributed by atoms with Crippen LogP contribution >= 0.6 is 57.9 Å². The summed E-state index contributed by atoms with van der Waals surface area (Å²) in [7, 11) is 0. The fourth-order valence-corrected chi connectivity index (χ4v) is 4.70. The van der Waals surface area contributed by atoms with Crippen molar-refractivity contribution in [1.82, 2.24) is 4.98 Å². The molecular formula is C14H8Cl3NS2. The average molecular weight is 361 g/mol. The second-order valence-electron chi connectivity index (χ2n) is 4.06. The first-order valence-electron chi connectivity index (χ1n) is 5.76. The maximum Gasteiger partial charge on any atom is 0.151 e. The molecule has 0 fully saturated rings. The van der Waals surface area contributed by atoms with Crippen LogP contribution < -0.4 is 0 Å².